The number of fused-ring (bicyclic) bond motifs is 1. The summed E-state index contributed by atoms with van der Waals surface area (Å²) in [5, 5.41) is 5.90. The van der Waals surface area contributed by atoms with E-state index in [1.165, 1.54) is 0 Å². The first-order chi connectivity index (χ1) is 12.1. The summed E-state index contributed by atoms with van der Waals surface area (Å²) >= 11 is 1.57. The average Bonchev–Trinajstić information content (AvgIpc) is 3.21. The van der Waals surface area contributed by atoms with Crippen LogP contribution in [0.2, 0.25) is 0 Å². The van der Waals surface area contributed by atoms with Gasteiger partial charge in [-0.2, -0.15) is 0 Å². The highest BCUT2D eigenvalue weighted by molar-refractivity contribution is 7.09. The number of nitrogens with zero attached hydrogens (tertiary/aromatic N) is 2. The lowest BCUT2D eigenvalue weighted by atomic mass is 9.94. The van der Waals surface area contributed by atoms with Gasteiger partial charge < -0.3 is 15.0 Å². The Hall–Kier alpha value is -2.67. The van der Waals surface area contributed by atoms with E-state index in [1.807, 2.05) is 30.5 Å². The number of carbonyl (C=O) groups is 1. The molecule has 0 radical (unpaired) electrons. The molecule has 2 aromatic heterocycles. The predicted octanol–water partition coefficient (Wildman–Crippen LogP) is 2.92. The van der Waals surface area contributed by atoms with Crippen molar-refractivity contribution in [2.75, 3.05) is 13.7 Å². The summed E-state index contributed by atoms with van der Waals surface area (Å²) in [6.45, 7) is 2.52. The maximum absolute atomic E-state index is 12.4. The van der Waals surface area contributed by atoms with Gasteiger partial charge in [0.2, 0.25) is 0 Å². The van der Waals surface area contributed by atoms with Crippen molar-refractivity contribution < 1.29 is 9.53 Å². The Morgan fingerprint density at radius 1 is 1.32 bits per heavy atom. The zero-order chi connectivity index (χ0) is 17.4. The summed E-state index contributed by atoms with van der Waals surface area (Å²) < 4.78 is 5.32. The molecule has 0 saturated carbocycles. The first-order valence-corrected chi connectivity index (χ1v) is 8.95. The molecule has 0 bridgehead atoms. The molecule has 1 aliphatic heterocycles. The highest BCUT2D eigenvalue weighted by Gasteiger charge is 2.27. The summed E-state index contributed by atoms with van der Waals surface area (Å²) in [6, 6.07) is 7.97. The number of thiazole rings is 1. The maximum atomic E-state index is 12.4. The standard InChI is InChI=1S/C18H18N4O2S/c1-10-20-15(9-25-10)17-21-14-7-12(8-19-18(23)16(14)22-17)11-4-3-5-13(6-11)24-2/h3-6,9,12H,7-8H2,1-2H3,(H,19,23)(H,21,22)/t12-/m1/s1. The topological polar surface area (TPSA) is 79.9 Å². The minimum Gasteiger partial charge on any atom is -0.497 e. The first kappa shape index (κ1) is 15.8. The summed E-state index contributed by atoms with van der Waals surface area (Å²) in [4.78, 5) is 24.7. The smallest absolute Gasteiger partial charge is 0.271 e. The third-order valence-corrected chi connectivity index (χ3v) is 5.15. The second kappa shape index (κ2) is 6.33. The van der Waals surface area contributed by atoms with Crippen LogP contribution in [0, 0.1) is 6.92 Å². The van der Waals surface area contributed by atoms with Gasteiger partial charge in [-0.05, 0) is 31.0 Å². The monoisotopic (exact) mass is 354 g/mol. The van der Waals surface area contributed by atoms with Crippen LogP contribution >= 0.6 is 11.3 Å². The third-order valence-electron chi connectivity index (χ3n) is 4.38. The van der Waals surface area contributed by atoms with Crippen molar-refractivity contribution in [1.29, 1.82) is 0 Å². The predicted molar refractivity (Wildman–Crippen MR) is 96.2 cm³/mol. The second-order valence-electron chi connectivity index (χ2n) is 6.05. The van der Waals surface area contributed by atoms with Gasteiger partial charge in [-0.3, -0.25) is 4.79 Å². The number of ether oxygens (including phenoxy) is 1. The molecular formula is C18H18N4O2S. The largest absolute Gasteiger partial charge is 0.497 e. The van der Waals surface area contributed by atoms with Crippen molar-refractivity contribution in [3.63, 3.8) is 0 Å². The van der Waals surface area contributed by atoms with Crippen LogP contribution in [0.5, 0.6) is 5.75 Å². The van der Waals surface area contributed by atoms with E-state index in [-0.39, 0.29) is 11.8 Å². The van der Waals surface area contributed by atoms with Crippen molar-refractivity contribution in [1.82, 2.24) is 20.3 Å². The fourth-order valence-corrected chi connectivity index (χ4v) is 3.69. The minimum atomic E-state index is -0.144. The van der Waals surface area contributed by atoms with E-state index in [9.17, 15) is 4.79 Å². The Kier molecular flexibility index (Phi) is 4.01. The summed E-state index contributed by atoms with van der Waals surface area (Å²) in [5.74, 6) is 1.48. The Labute approximate surface area is 149 Å². The van der Waals surface area contributed by atoms with E-state index >= 15 is 0 Å². The van der Waals surface area contributed by atoms with Crippen LogP contribution in [-0.2, 0) is 6.42 Å². The molecule has 2 N–H and O–H groups in total. The minimum absolute atomic E-state index is 0.144. The van der Waals surface area contributed by atoms with Crippen LogP contribution in [0.25, 0.3) is 11.5 Å². The number of carbonyl (C=O) groups excluding carboxylic acids is 1. The molecule has 25 heavy (non-hydrogen) atoms. The van der Waals surface area contributed by atoms with Crippen LogP contribution < -0.4 is 10.1 Å². The zero-order valence-corrected chi connectivity index (χ0v) is 14.8. The molecule has 4 rings (SSSR count). The normalized spacial score (nSPS) is 16.9. The molecule has 0 spiro atoms. The number of hydrogen-bond acceptors (Lipinski definition) is 5. The molecule has 0 unspecified atom stereocenters. The number of imidazole rings is 1. The Morgan fingerprint density at radius 3 is 2.96 bits per heavy atom. The molecule has 3 heterocycles. The number of amides is 1. The van der Waals surface area contributed by atoms with E-state index in [2.05, 4.69) is 26.3 Å². The van der Waals surface area contributed by atoms with Gasteiger partial charge in [0.15, 0.2) is 5.82 Å². The van der Waals surface area contributed by atoms with Crippen LogP contribution in [-0.4, -0.2) is 34.5 Å². The molecule has 0 fully saturated rings. The lowest BCUT2D eigenvalue weighted by Crippen LogP contribution is -2.26. The number of H-pyrrole nitrogens is 1. The van der Waals surface area contributed by atoms with Crippen LogP contribution in [0.4, 0.5) is 0 Å². The number of hydrogen-bond donors (Lipinski definition) is 2. The summed E-state index contributed by atoms with van der Waals surface area (Å²) in [5.41, 5.74) is 3.23. The molecule has 0 saturated heterocycles. The van der Waals surface area contributed by atoms with Gasteiger partial charge >= 0.3 is 0 Å². The van der Waals surface area contributed by atoms with Crippen molar-refractivity contribution in [3.05, 3.63) is 51.6 Å². The summed E-state index contributed by atoms with van der Waals surface area (Å²) in [7, 11) is 1.66. The van der Waals surface area contributed by atoms with E-state index in [0.717, 1.165) is 27.7 Å². The van der Waals surface area contributed by atoms with Gasteiger partial charge in [-0.25, -0.2) is 9.97 Å². The van der Waals surface area contributed by atoms with Crippen LogP contribution in [0.1, 0.15) is 32.7 Å². The van der Waals surface area contributed by atoms with Gasteiger partial charge in [0.05, 0.1) is 12.1 Å². The van der Waals surface area contributed by atoms with E-state index in [4.69, 9.17) is 4.74 Å². The number of rotatable bonds is 3. The molecule has 0 aliphatic carbocycles. The fraction of sp³-hybridized carbons (Fsp3) is 0.278. The SMILES string of the molecule is COc1cccc([C@H]2CNC(=O)c3nc(-c4csc(C)n4)[nH]c3C2)c1. The number of aryl methyl sites for hydroxylation is 1. The van der Waals surface area contributed by atoms with Crippen molar-refractivity contribution in [2.24, 2.45) is 0 Å². The third kappa shape index (κ3) is 3.02. The van der Waals surface area contributed by atoms with Crippen LogP contribution in [0.15, 0.2) is 29.6 Å². The zero-order valence-electron chi connectivity index (χ0n) is 14.0. The van der Waals surface area contributed by atoms with Crippen molar-refractivity contribution in [3.8, 4) is 17.3 Å². The molecule has 6 nitrogen and oxygen atoms in total. The van der Waals surface area contributed by atoms with Gasteiger partial charge in [0.25, 0.3) is 5.91 Å². The lowest BCUT2D eigenvalue weighted by molar-refractivity contribution is 0.0950. The van der Waals surface area contributed by atoms with E-state index in [1.54, 1.807) is 18.4 Å². The van der Waals surface area contributed by atoms with Gasteiger partial charge in [-0.15, -0.1) is 11.3 Å². The van der Waals surface area contributed by atoms with E-state index in [0.29, 0.717) is 24.5 Å². The van der Waals surface area contributed by atoms with Crippen LogP contribution in [0.3, 0.4) is 0 Å². The Balaban J connectivity index is 1.68. The highest BCUT2D eigenvalue weighted by atomic mass is 32.1. The lowest BCUT2D eigenvalue weighted by Gasteiger charge is -2.15. The summed E-state index contributed by atoms with van der Waals surface area (Å²) in [6.07, 6.45) is 0.706. The van der Waals surface area contributed by atoms with E-state index < -0.39 is 0 Å². The quantitative estimate of drug-likeness (QED) is 0.758. The van der Waals surface area contributed by atoms with Gasteiger partial charge in [0.1, 0.15) is 17.1 Å². The second-order valence-corrected chi connectivity index (χ2v) is 7.11. The Bertz CT molecular complexity index is 931. The van der Waals surface area contributed by atoms with Crippen molar-refractivity contribution >= 4 is 17.2 Å². The molecule has 1 aromatic carbocycles. The molecule has 128 valence electrons. The average molecular weight is 354 g/mol. The molecule has 1 amide bonds. The first-order valence-electron chi connectivity index (χ1n) is 8.07. The van der Waals surface area contributed by atoms with Gasteiger partial charge in [-0.1, -0.05) is 12.1 Å². The highest BCUT2D eigenvalue weighted by Crippen LogP contribution is 2.28. The molecule has 1 atom stereocenters. The number of aromatic nitrogens is 3. The number of methoxy groups -OCH3 is 1. The number of aromatic amines is 1. The number of nitrogens with one attached hydrogen (secondary N) is 2. The van der Waals surface area contributed by atoms with Gasteiger partial charge in [0, 0.05) is 23.5 Å². The van der Waals surface area contributed by atoms with Crippen molar-refractivity contribution in [2.45, 2.75) is 19.3 Å². The Morgan fingerprint density at radius 2 is 2.20 bits per heavy atom. The molecule has 3 aromatic rings. The number of benzene rings is 1. The maximum Gasteiger partial charge on any atom is 0.271 e. The fourth-order valence-electron chi connectivity index (χ4n) is 3.09. The molecule has 7 heteroatoms. The molecule has 1 aliphatic rings. The molecular weight excluding hydrogens is 336 g/mol.